The van der Waals surface area contributed by atoms with E-state index < -0.39 is 0 Å². The van der Waals surface area contributed by atoms with E-state index in [1.165, 1.54) is 0 Å². The van der Waals surface area contributed by atoms with Gasteiger partial charge in [-0.15, -0.1) is 11.8 Å². The molecule has 0 spiro atoms. The summed E-state index contributed by atoms with van der Waals surface area (Å²) in [7, 11) is 1.65. The predicted molar refractivity (Wildman–Crippen MR) is 73.4 cm³/mol. The van der Waals surface area contributed by atoms with Gasteiger partial charge in [-0.25, -0.2) is 0 Å². The van der Waals surface area contributed by atoms with Crippen LogP contribution in [0.15, 0.2) is 24.3 Å². The van der Waals surface area contributed by atoms with Crippen molar-refractivity contribution in [2.75, 3.05) is 24.8 Å². The highest BCUT2D eigenvalue weighted by atomic mass is 79.9. The molecule has 94 valence electrons. The zero-order chi connectivity index (χ0) is 12.1. The Morgan fingerprint density at radius 2 is 2.06 bits per heavy atom. The van der Waals surface area contributed by atoms with Crippen LogP contribution >= 0.6 is 27.7 Å². The van der Waals surface area contributed by atoms with Gasteiger partial charge in [0.25, 0.3) is 0 Å². The van der Waals surface area contributed by atoms with Crippen molar-refractivity contribution < 1.29 is 14.2 Å². The van der Waals surface area contributed by atoms with Crippen LogP contribution < -0.4 is 9.47 Å². The van der Waals surface area contributed by atoms with Gasteiger partial charge >= 0.3 is 0 Å². The molecule has 0 amide bonds. The van der Waals surface area contributed by atoms with E-state index in [0.29, 0.717) is 6.61 Å². The Morgan fingerprint density at radius 1 is 1.35 bits per heavy atom. The molecule has 1 aromatic rings. The Hall–Kier alpha value is -0.390. The highest BCUT2D eigenvalue weighted by Crippen LogP contribution is 2.27. The quantitative estimate of drug-likeness (QED) is 0.780. The van der Waals surface area contributed by atoms with Crippen molar-refractivity contribution in [3.8, 4) is 11.5 Å². The number of alkyl halides is 1. The Labute approximate surface area is 114 Å². The zero-order valence-electron chi connectivity index (χ0n) is 9.60. The standard InChI is InChI=1S/C12H15BrO3S/c1-14-9-2-4-10(5-3-9)15-7-11-8-17-12(6-13)16-11/h2-5,11-12H,6-8H2,1H3. The Balaban J connectivity index is 1.78. The third-order valence-electron chi connectivity index (χ3n) is 2.43. The van der Waals surface area contributed by atoms with Gasteiger partial charge in [0.2, 0.25) is 0 Å². The molecule has 1 aliphatic rings. The topological polar surface area (TPSA) is 27.7 Å². The SMILES string of the molecule is COc1ccc(OCC2CSC(CBr)O2)cc1. The maximum absolute atomic E-state index is 5.74. The molecule has 2 rings (SSSR count). The number of hydrogen-bond acceptors (Lipinski definition) is 4. The lowest BCUT2D eigenvalue weighted by atomic mass is 10.3. The van der Waals surface area contributed by atoms with Gasteiger partial charge in [-0.2, -0.15) is 0 Å². The molecule has 1 saturated heterocycles. The van der Waals surface area contributed by atoms with Gasteiger partial charge in [0.05, 0.1) is 7.11 Å². The van der Waals surface area contributed by atoms with Crippen LogP contribution in [0.1, 0.15) is 0 Å². The molecule has 0 saturated carbocycles. The van der Waals surface area contributed by atoms with Crippen LogP contribution in [0.3, 0.4) is 0 Å². The molecular formula is C12H15BrO3S. The summed E-state index contributed by atoms with van der Waals surface area (Å²) in [4.78, 5) is 0. The number of halogens is 1. The summed E-state index contributed by atoms with van der Waals surface area (Å²) in [5.41, 5.74) is 0.263. The molecule has 0 N–H and O–H groups in total. The van der Waals surface area contributed by atoms with Gasteiger partial charge in [-0.3, -0.25) is 0 Å². The van der Waals surface area contributed by atoms with E-state index in [0.717, 1.165) is 22.6 Å². The minimum absolute atomic E-state index is 0.185. The fourth-order valence-corrected chi connectivity index (χ4v) is 3.18. The molecule has 5 heteroatoms. The van der Waals surface area contributed by atoms with Crippen LogP contribution in [0.4, 0.5) is 0 Å². The molecule has 2 atom stereocenters. The van der Waals surface area contributed by atoms with Crippen molar-refractivity contribution in [2.24, 2.45) is 0 Å². The van der Waals surface area contributed by atoms with Gasteiger partial charge in [-0.1, -0.05) is 15.9 Å². The molecule has 3 nitrogen and oxygen atoms in total. The molecular weight excluding hydrogens is 304 g/mol. The monoisotopic (exact) mass is 318 g/mol. The second-order valence-corrected chi connectivity index (χ2v) is 5.50. The number of benzene rings is 1. The molecule has 0 radical (unpaired) electrons. The lowest BCUT2D eigenvalue weighted by Gasteiger charge is -2.12. The summed E-state index contributed by atoms with van der Waals surface area (Å²) >= 11 is 5.24. The van der Waals surface area contributed by atoms with E-state index in [1.807, 2.05) is 36.0 Å². The van der Waals surface area contributed by atoms with E-state index in [4.69, 9.17) is 14.2 Å². The number of ether oxygens (including phenoxy) is 3. The van der Waals surface area contributed by atoms with Crippen molar-refractivity contribution in [3.05, 3.63) is 24.3 Å². The van der Waals surface area contributed by atoms with E-state index in [1.54, 1.807) is 7.11 Å². The molecule has 2 unspecified atom stereocenters. The summed E-state index contributed by atoms with van der Waals surface area (Å²) < 4.78 is 16.5. The first-order valence-corrected chi connectivity index (χ1v) is 7.58. The van der Waals surface area contributed by atoms with E-state index in [-0.39, 0.29) is 11.5 Å². The number of thioether (sulfide) groups is 1. The summed E-state index contributed by atoms with van der Waals surface area (Å²) in [6.07, 6.45) is 0.185. The number of hydrogen-bond donors (Lipinski definition) is 0. The molecule has 1 aliphatic heterocycles. The maximum Gasteiger partial charge on any atom is 0.119 e. The molecule has 17 heavy (non-hydrogen) atoms. The third kappa shape index (κ3) is 3.79. The Morgan fingerprint density at radius 3 is 2.65 bits per heavy atom. The molecule has 1 aromatic carbocycles. The summed E-state index contributed by atoms with van der Waals surface area (Å²) in [5, 5.41) is 0.872. The summed E-state index contributed by atoms with van der Waals surface area (Å²) in [5.74, 6) is 2.68. The van der Waals surface area contributed by atoms with Crippen molar-refractivity contribution in [3.63, 3.8) is 0 Å². The van der Waals surface area contributed by atoms with Crippen LogP contribution in [0.5, 0.6) is 11.5 Å². The van der Waals surface area contributed by atoms with E-state index in [9.17, 15) is 0 Å². The van der Waals surface area contributed by atoms with Crippen LogP contribution in [0, 0.1) is 0 Å². The lowest BCUT2D eigenvalue weighted by molar-refractivity contribution is 0.0436. The average molecular weight is 319 g/mol. The van der Waals surface area contributed by atoms with Gasteiger partial charge < -0.3 is 14.2 Å². The fourth-order valence-electron chi connectivity index (χ4n) is 1.54. The van der Waals surface area contributed by atoms with Gasteiger partial charge in [0, 0.05) is 11.1 Å². The van der Waals surface area contributed by atoms with Crippen molar-refractivity contribution in [2.45, 2.75) is 11.5 Å². The van der Waals surface area contributed by atoms with Gasteiger partial charge in [0.15, 0.2) is 0 Å². The van der Waals surface area contributed by atoms with Crippen LogP contribution in [0.2, 0.25) is 0 Å². The summed E-state index contributed by atoms with van der Waals surface area (Å²) in [6.45, 7) is 0.600. The van der Waals surface area contributed by atoms with Crippen LogP contribution in [0.25, 0.3) is 0 Å². The zero-order valence-corrected chi connectivity index (χ0v) is 12.0. The second kappa shape index (κ2) is 6.52. The smallest absolute Gasteiger partial charge is 0.119 e. The van der Waals surface area contributed by atoms with Crippen LogP contribution in [-0.2, 0) is 4.74 Å². The van der Waals surface area contributed by atoms with E-state index >= 15 is 0 Å². The van der Waals surface area contributed by atoms with Crippen molar-refractivity contribution in [1.29, 1.82) is 0 Å². The molecule has 1 heterocycles. The largest absolute Gasteiger partial charge is 0.497 e. The van der Waals surface area contributed by atoms with Crippen LogP contribution in [-0.4, -0.2) is 36.3 Å². The number of methoxy groups -OCH3 is 1. The first-order valence-electron chi connectivity index (χ1n) is 5.41. The minimum atomic E-state index is 0.185. The van der Waals surface area contributed by atoms with Crippen molar-refractivity contribution >= 4 is 27.7 Å². The molecule has 1 fully saturated rings. The first kappa shape index (κ1) is 13.1. The maximum atomic E-state index is 5.74. The second-order valence-electron chi connectivity index (χ2n) is 3.66. The normalized spacial score (nSPS) is 23.6. The fraction of sp³-hybridized carbons (Fsp3) is 0.500. The Bertz CT molecular complexity index is 344. The third-order valence-corrected chi connectivity index (χ3v) is 4.66. The predicted octanol–water partition coefficient (Wildman–Crippen LogP) is 2.93. The average Bonchev–Trinajstić information content (AvgIpc) is 2.85. The van der Waals surface area contributed by atoms with Crippen molar-refractivity contribution in [1.82, 2.24) is 0 Å². The van der Waals surface area contributed by atoms with E-state index in [2.05, 4.69) is 15.9 Å². The Kier molecular flexibility index (Phi) is 5.00. The highest BCUT2D eigenvalue weighted by Gasteiger charge is 2.25. The molecule has 0 aliphatic carbocycles. The molecule has 0 aromatic heterocycles. The number of rotatable bonds is 5. The lowest BCUT2D eigenvalue weighted by Crippen LogP contribution is -2.21. The molecule has 0 bridgehead atoms. The first-order chi connectivity index (χ1) is 8.31. The van der Waals surface area contributed by atoms with Gasteiger partial charge in [-0.05, 0) is 24.3 Å². The minimum Gasteiger partial charge on any atom is -0.497 e. The summed E-state index contributed by atoms with van der Waals surface area (Å²) in [6, 6.07) is 7.59. The van der Waals surface area contributed by atoms with Gasteiger partial charge in [0.1, 0.15) is 29.6 Å². The highest BCUT2D eigenvalue weighted by molar-refractivity contribution is 9.09.